The number of ether oxygens (including phenoxy) is 1. The van der Waals surface area contributed by atoms with Crippen LogP contribution in [-0.2, 0) is 9.53 Å². The lowest BCUT2D eigenvalue weighted by Gasteiger charge is -2.34. The number of hydrogen-bond donors (Lipinski definition) is 0. The number of hydrogen-bond acceptors (Lipinski definition) is 4. The summed E-state index contributed by atoms with van der Waals surface area (Å²) in [4.78, 5) is 16.5. The first-order valence-corrected chi connectivity index (χ1v) is 8.60. The van der Waals surface area contributed by atoms with Crippen LogP contribution in [0.25, 0.3) is 0 Å². The summed E-state index contributed by atoms with van der Waals surface area (Å²) in [5.41, 5.74) is 0. The minimum atomic E-state index is 0.162. The van der Waals surface area contributed by atoms with Gasteiger partial charge >= 0.3 is 0 Å². The Bertz CT molecular complexity index is 317. The third-order valence-corrected chi connectivity index (χ3v) is 4.96. The molecule has 2 aliphatic rings. The van der Waals surface area contributed by atoms with Crippen molar-refractivity contribution in [3.05, 3.63) is 0 Å². The standard InChI is InChI=1S/C17H32N2O2/c1-14(2)17(20)12-19-10-4-15(5-11-19)13-21-16-6-8-18(3)9-7-16/h14-16H,4-13H2,1-3H3. The van der Waals surface area contributed by atoms with Crippen molar-refractivity contribution in [1.82, 2.24) is 9.80 Å². The van der Waals surface area contributed by atoms with E-state index < -0.39 is 0 Å². The number of nitrogens with zero attached hydrogens (tertiary/aromatic N) is 2. The Hall–Kier alpha value is -0.450. The molecule has 0 radical (unpaired) electrons. The second-order valence-electron chi connectivity index (χ2n) is 7.18. The summed E-state index contributed by atoms with van der Waals surface area (Å²) in [6.45, 7) is 9.98. The van der Waals surface area contributed by atoms with Gasteiger partial charge in [0.1, 0.15) is 5.78 Å². The minimum Gasteiger partial charge on any atom is -0.378 e. The van der Waals surface area contributed by atoms with Gasteiger partial charge in [-0.05, 0) is 51.7 Å². The Labute approximate surface area is 129 Å². The Morgan fingerprint density at radius 3 is 2.29 bits per heavy atom. The third-order valence-electron chi connectivity index (χ3n) is 4.96. The Morgan fingerprint density at radius 1 is 1.10 bits per heavy atom. The van der Waals surface area contributed by atoms with Crippen molar-refractivity contribution >= 4 is 5.78 Å². The topological polar surface area (TPSA) is 32.8 Å². The average Bonchev–Trinajstić information content (AvgIpc) is 2.48. The normalized spacial score (nSPS) is 23.8. The predicted octanol–water partition coefficient (Wildman–Crippen LogP) is 2.03. The van der Waals surface area contributed by atoms with Crippen molar-refractivity contribution in [2.24, 2.45) is 11.8 Å². The van der Waals surface area contributed by atoms with Crippen LogP contribution in [0.5, 0.6) is 0 Å². The van der Waals surface area contributed by atoms with Crippen molar-refractivity contribution < 1.29 is 9.53 Å². The maximum atomic E-state index is 11.8. The zero-order valence-electron chi connectivity index (χ0n) is 14.0. The van der Waals surface area contributed by atoms with Gasteiger partial charge in [0.2, 0.25) is 0 Å². The molecule has 0 aromatic rings. The number of Topliss-reactive ketones (excluding diaryl/α,β-unsaturated/α-hetero) is 1. The molecule has 2 saturated heterocycles. The first-order valence-electron chi connectivity index (χ1n) is 8.60. The van der Waals surface area contributed by atoms with Crippen LogP contribution in [0.1, 0.15) is 39.5 Å². The van der Waals surface area contributed by atoms with Crippen molar-refractivity contribution in [1.29, 1.82) is 0 Å². The molecule has 21 heavy (non-hydrogen) atoms. The van der Waals surface area contributed by atoms with E-state index in [1.807, 2.05) is 13.8 Å². The molecule has 2 rings (SSSR count). The van der Waals surface area contributed by atoms with Crippen molar-refractivity contribution in [3.63, 3.8) is 0 Å². The van der Waals surface area contributed by atoms with E-state index in [2.05, 4.69) is 16.8 Å². The number of likely N-dealkylation sites (tertiary alicyclic amines) is 2. The summed E-state index contributed by atoms with van der Waals surface area (Å²) in [5.74, 6) is 1.22. The summed E-state index contributed by atoms with van der Waals surface area (Å²) < 4.78 is 6.11. The summed E-state index contributed by atoms with van der Waals surface area (Å²) in [5, 5.41) is 0. The first-order chi connectivity index (χ1) is 10.0. The van der Waals surface area contributed by atoms with Crippen LogP contribution in [-0.4, -0.2) is 68.1 Å². The van der Waals surface area contributed by atoms with Crippen LogP contribution >= 0.6 is 0 Å². The molecule has 2 heterocycles. The Morgan fingerprint density at radius 2 is 1.71 bits per heavy atom. The van der Waals surface area contributed by atoms with E-state index in [4.69, 9.17) is 4.74 Å². The lowest BCUT2D eigenvalue weighted by Crippen LogP contribution is -2.40. The molecular formula is C17H32N2O2. The van der Waals surface area contributed by atoms with Crippen LogP contribution in [0.2, 0.25) is 0 Å². The van der Waals surface area contributed by atoms with Crippen LogP contribution in [0.3, 0.4) is 0 Å². The number of rotatable bonds is 6. The molecule has 4 heteroatoms. The van der Waals surface area contributed by atoms with Crippen LogP contribution < -0.4 is 0 Å². The van der Waals surface area contributed by atoms with Gasteiger partial charge in [-0.3, -0.25) is 9.69 Å². The summed E-state index contributed by atoms with van der Waals surface area (Å²) in [6.07, 6.45) is 5.19. The Balaban J connectivity index is 1.60. The van der Waals surface area contributed by atoms with E-state index in [-0.39, 0.29) is 5.92 Å². The maximum absolute atomic E-state index is 11.8. The molecule has 0 amide bonds. The average molecular weight is 296 g/mol. The fourth-order valence-electron chi connectivity index (χ4n) is 3.14. The highest BCUT2D eigenvalue weighted by Crippen LogP contribution is 2.20. The lowest BCUT2D eigenvalue weighted by molar-refractivity contribution is -0.123. The van der Waals surface area contributed by atoms with Gasteiger partial charge in [-0.1, -0.05) is 13.8 Å². The molecule has 2 aliphatic heterocycles. The van der Waals surface area contributed by atoms with Gasteiger partial charge in [-0.2, -0.15) is 0 Å². The number of carbonyl (C=O) groups is 1. The molecule has 4 nitrogen and oxygen atoms in total. The summed E-state index contributed by atoms with van der Waals surface area (Å²) >= 11 is 0. The molecule has 0 atom stereocenters. The Kier molecular flexibility index (Phi) is 6.65. The van der Waals surface area contributed by atoms with Gasteiger partial charge in [0.25, 0.3) is 0 Å². The van der Waals surface area contributed by atoms with E-state index in [9.17, 15) is 4.79 Å². The van der Waals surface area contributed by atoms with Crippen molar-refractivity contribution in [2.75, 3.05) is 46.4 Å². The van der Waals surface area contributed by atoms with Crippen molar-refractivity contribution in [2.45, 2.75) is 45.6 Å². The highest BCUT2D eigenvalue weighted by molar-refractivity contribution is 5.82. The number of ketones is 1. The van der Waals surface area contributed by atoms with E-state index in [1.54, 1.807) is 0 Å². The van der Waals surface area contributed by atoms with Crippen LogP contribution in [0.15, 0.2) is 0 Å². The fourth-order valence-corrected chi connectivity index (χ4v) is 3.14. The quantitative estimate of drug-likeness (QED) is 0.751. The molecule has 0 bridgehead atoms. The largest absolute Gasteiger partial charge is 0.378 e. The van der Waals surface area contributed by atoms with E-state index in [0.29, 0.717) is 24.3 Å². The van der Waals surface area contributed by atoms with Gasteiger partial charge < -0.3 is 9.64 Å². The third kappa shape index (κ3) is 5.68. The summed E-state index contributed by atoms with van der Waals surface area (Å²) in [6, 6.07) is 0. The molecule has 0 N–H and O–H groups in total. The van der Waals surface area contributed by atoms with Crippen LogP contribution in [0, 0.1) is 11.8 Å². The van der Waals surface area contributed by atoms with Crippen LogP contribution in [0.4, 0.5) is 0 Å². The van der Waals surface area contributed by atoms with E-state index >= 15 is 0 Å². The smallest absolute Gasteiger partial charge is 0.149 e. The first kappa shape index (κ1) is 16.9. The van der Waals surface area contributed by atoms with E-state index in [0.717, 1.165) is 19.7 Å². The molecule has 2 fully saturated rings. The SMILES string of the molecule is CC(C)C(=O)CN1CCC(COC2CCN(C)CC2)CC1. The zero-order valence-corrected chi connectivity index (χ0v) is 14.0. The number of carbonyl (C=O) groups excluding carboxylic acids is 1. The van der Waals surface area contributed by atoms with E-state index in [1.165, 1.54) is 38.8 Å². The van der Waals surface area contributed by atoms with Crippen molar-refractivity contribution in [3.8, 4) is 0 Å². The highest BCUT2D eigenvalue weighted by Gasteiger charge is 2.23. The minimum absolute atomic E-state index is 0.162. The summed E-state index contributed by atoms with van der Waals surface area (Å²) in [7, 11) is 2.18. The van der Waals surface area contributed by atoms with Gasteiger partial charge in [-0.15, -0.1) is 0 Å². The lowest BCUT2D eigenvalue weighted by atomic mass is 9.96. The second kappa shape index (κ2) is 8.25. The molecule has 0 aromatic carbocycles. The molecular weight excluding hydrogens is 264 g/mol. The van der Waals surface area contributed by atoms with Gasteiger partial charge in [0.05, 0.1) is 12.6 Å². The maximum Gasteiger partial charge on any atom is 0.149 e. The molecule has 0 spiro atoms. The van der Waals surface area contributed by atoms with Gasteiger partial charge in [-0.25, -0.2) is 0 Å². The molecule has 122 valence electrons. The fraction of sp³-hybridized carbons (Fsp3) is 0.941. The molecule has 0 unspecified atom stereocenters. The monoisotopic (exact) mass is 296 g/mol. The second-order valence-corrected chi connectivity index (χ2v) is 7.18. The van der Waals surface area contributed by atoms with Gasteiger partial charge in [0, 0.05) is 25.6 Å². The predicted molar refractivity (Wildman–Crippen MR) is 85.5 cm³/mol. The highest BCUT2D eigenvalue weighted by atomic mass is 16.5. The molecule has 0 saturated carbocycles. The molecule has 0 aliphatic carbocycles. The number of piperidine rings is 2. The zero-order chi connectivity index (χ0) is 15.2. The molecule has 0 aromatic heterocycles. The van der Waals surface area contributed by atoms with Gasteiger partial charge in [0.15, 0.2) is 0 Å².